The topological polar surface area (TPSA) is 79.4 Å². The van der Waals surface area contributed by atoms with Gasteiger partial charge in [-0.25, -0.2) is 4.98 Å². The molecule has 0 saturated carbocycles. The van der Waals surface area contributed by atoms with Crippen LogP contribution in [0.3, 0.4) is 0 Å². The molecule has 6 heteroatoms. The SMILES string of the molecule is O=Cc1ccc(N2CCC3(CCCC(=O)NC3=O)C2)nc1. The Morgan fingerprint density at radius 1 is 1.29 bits per heavy atom. The van der Waals surface area contributed by atoms with Gasteiger partial charge >= 0.3 is 0 Å². The van der Waals surface area contributed by atoms with Gasteiger partial charge in [0.05, 0.1) is 5.41 Å². The average Bonchev–Trinajstić information content (AvgIpc) is 2.87. The van der Waals surface area contributed by atoms with Crippen LogP contribution in [0.2, 0.25) is 0 Å². The highest BCUT2D eigenvalue weighted by molar-refractivity contribution is 5.99. The van der Waals surface area contributed by atoms with Gasteiger partial charge in [-0.05, 0) is 31.4 Å². The average molecular weight is 287 g/mol. The lowest BCUT2D eigenvalue weighted by Crippen LogP contribution is -2.43. The fourth-order valence-corrected chi connectivity index (χ4v) is 3.13. The number of carbonyl (C=O) groups is 3. The van der Waals surface area contributed by atoms with E-state index in [-0.39, 0.29) is 11.8 Å². The molecule has 0 aliphatic carbocycles. The summed E-state index contributed by atoms with van der Waals surface area (Å²) in [7, 11) is 0. The minimum absolute atomic E-state index is 0.156. The Morgan fingerprint density at radius 3 is 2.86 bits per heavy atom. The van der Waals surface area contributed by atoms with E-state index in [1.807, 2.05) is 4.90 Å². The van der Waals surface area contributed by atoms with Crippen LogP contribution in [0.1, 0.15) is 36.0 Å². The van der Waals surface area contributed by atoms with Crippen molar-refractivity contribution < 1.29 is 14.4 Å². The largest absolute Gasteiger partial charge is 0.356 e. The van der Waals surface area contributed by atoms with Crippen LogP contribution in [-0.4, -0.2) is 36.2 Å². The number of hydrogen-bond acceptors (Lipinski definition) is 5. The van der Waals surface area contributed by atoms with E-state index in [4.69, 9.17) is 0 Å². The molecular formula is C15H17N3O3. The zero-order valence-electron chi connectivity index (χ0n) is 11.7. The third-order valence-corrected chi connectivity index (χ3v) is 4.38. The summed E-state index contributed by atoms with van der Waals surface area (Å²) in [6.45, 7) is 1.30. The van der Waals surface area contributed by atoms with Gasteiger partial charge in [-0.2, -0.15) is 0 Å². The Hall–Kier alpha value is -2.24. The first kappa shape index (κ1) is 13.7. The molecule has 1 atom stereocenters. The normalized spacial score (nSPS) is 25.8. The second-order valence-electron chi connectivity index (χ2n) is 5.75. The van der Waals surface area contributed by atoms with Gasteiger partial charge in [0, 0.05) is 31.3 Å². The van der Waals surface area contributed by atoms with Crippen LogP contribution in [0.15, 0.2) is 18.3 Å². The zero-order valence-corrected chi connectivity index (χ0v) is 11.7. The molecule has 2 fully saturated rings. The van der Waals surface area contributed by atoms with Crippen molar-refractivity contribution in [3.8, 4) is 0 Å². The van der Waals surface area contributed by atoms with Crippen LogP contribution in [0, 0.1) is 5.41 Å². The molecule has 110 valence electrons. The number of aromatic nitrogens is 1. The number of nitrogens with one attached hydrogen (secondary N) is 1. The van der Waals surface area contributed by atoms with Crippen LogP contribution in [-0.2, 0) is 9.59 Å². The Bertz CT molecular complexity index is 584. The Labute approximate surface area is 122 Å². The lowest BCUT2D eigenvalue weighted by atomic mass is 9.82. The zero-order chi connectivity index (χ0) is 14.9. The Balaban J connectivity index is 1.78. The highest BCUT2D eigenvalue weighted by Crippen LogP contribution is 2.38. The summed E-state index contributed by atoms with van der Waals surface area (Å²) in [6.07, 6.45) is 4.90. The summed E-state index contributed by atoms with van der Waals surface area (Å²) in [5, 5.41) is 2.49. The van der Waals surface area contributed by atoms with Crippen LogP contribution < -0.4 is 10.2 Å². The van der Waals surface area contributed by atoms with Gasteiger partial charge in [0.1, 0.15) is 5.82 Å². The van der Waals surface area contributed by atoms with Gasteiger partial charge in [0.2, 0.25) is 11.8 Å². The molecule has 1 aromatic heterocycles. The summed E-state index contributed by atoms with van der Waals surface area (Å²) in [4.78, 5) is 40.7. The predicted octanol–water partition coefficient (Wildman–Crippen LogP) is 0.917. The maximum Gasteiger partial charge on any atom is 0.234 e. The van der Waals surface area contributed by atoms with Crippen molar-refractivity contribution in [2.24, 2.45) is 5.41 Å². The second kappa shape index (κ2) is 5.27. The monoisotopic (exact) mass is 287 g/mol. The molecule has 2 saturated heterocycles. The summed E-state index contributed by atoms with van der Waals surface area (Å²) >= 11 is 0. The Morgan fingerprint density at radius 2 is 2.14 bits per heavy atom. The molecule has 3 heterocycles. The van der Waals surface area contributed by atoms with E-state index in [0.717, 1.165) is 37.9 Å². The van der Waals surface area contributed by atoms with E-state index >= 15 is 0 Å². The van der Waals surface area contributed by atoms with Gasteiger partial charge in [-0.1, -0.05) is 0 Å². The molecule has 1 spiro atoms. The first-order chi connectivity index (χ1) is 10.1. The molecule has 21 heavy (non-hydrogen) atoms. The first-order valence-electron chi connectivity index (χ1n) is 7.13. The van der Waals surface area contributed by atoms with Crippen molar-refractivity contribution in [3.63, 3.8) is 0 Å². The minimum Gasteiger partial charge on any atom is -0.356 e. The third-order valence-electron chi connectivity index (χ3n) is 4.38. The van der Waals surface area contributed by atoms with Gasteiger partial charge in [-0.3, -0.25) is 19.7 Å². The lowest BCUT2D eigenvalue weighted by molar-refractivity contribution is -0.134. The van der Waals surface area contributed by atoms with Crippen molar-refractivity contribution in [3.05, 3.63) is 23.9 Å². The molecule has 2 amide bonds. The number of carbonyl (C=O) groups excluding carboxylic acids is 3. The van der Waals surface area contributed by atoms with Crippen molar-refractivity contribution >= 4 is 23.9 Å². The number of amides is 2. The smallest absolute Gasteiger partial charge is 0.234 e. The minimum atomic E-state index is -0.489. The molecule has 1 unspecified atom stereocenters. The molecule has 0 aromatic carbocycles. The summed E-state index contributed by atoms with van der Waals surface area (Å²) in [5.41, 5.74) is 0.0439. The van der Waals surface area contributed by atoms with E-state index in [9.17, 15) is 14.4 Å². The number of rotatable bonds is 2. The number of hydrogen-bond donors (Lipinski definition) is 1. The molecule has 0 radical (unpaired) electrons. The molecule has 6 nitrogen and oxygen atoms in total. The lowest BCUT2D eigenvalue weighted by Gasteiger charge is -2.25. The van der Waals surface area contributed by atoms with Crippen LogP contribution >= 0.6 is 0 Å². The molecule has 2 aliphatic heterocycles. The fourth-order valence-electron chi connectivity index (χ4n) is 3.13. The molecule has 1 N–H and O–H groups in total. The number of anilines is 1. The summed E-state index contributed by atoms with van der Waals surface area (Å²) in [5.74, 6) is 0.432. The van der Waals surface area contributed by atoms with E-state index in [2.05, 4.69) is 10.3 Å². The van der Waals surface area contributed by atoms with Gasteiger partial charge in [-0.15, -0.1) is 0 Å². The Kier molecular flexibility index (Phi) is 3.45. The molecule has 1 aromatic rings. The van der Waals surface area contributed by atoms with Crippen molar-refractivity contribution in [1.82, 2.24) is 10.3 Å². The summed E-state index contributed by atoms with van der Waals surface area (Å²) < 4.78 is 0. The predicted molar refractivity (Wildman–Crippen MR) is 75.9 cm³/mol. The van der Waals surface area contributed by atoms with Crippen molar-refractivity contribution in [2.75, 3.05) is 18.0 Å². The molecule has 2 aliphatic rings. The fraction of sp³-hybridized carbons (Fsp3) is 0.467. The number of nitrogens with zero attached hydrogens (tertiary/aromatic N) is 2. The second-order valence-corrected chi connectivity index (χ2v) is 5.75. The number of pyridine rings is 1. The quantitative estimate of drug-likeness (QED) is 0.646. The van der Waals surface area contributed by atoms with Crippen molar-refractivity contribution in [2.45, 2.75) is 25.7 Å². The number of imide groups is 1. The number of aldehydes is 1. The van der Waals surface area contributed by atoms with Crippen molar-refractivity contribution in [1.29, 1.82) is 0 Å². The van der Waals surface area contributed by atoms with Gasteiger partial charge in [0.25, 0.3) is 0 Å². The standard InChI is InChI=1S/C15H17N3O3/c19-9-11-3-4-12(16-8-11)18-7-6-15(10-18)5-1-2-13(20)17-14(15)21/h3-4,8-9H,1-2,5-7,10H2,(H,17,20,21). The van der Waals surface area contributed by atoms with E-state index in [1.165, 1.54) is 6.20 Å². The molecule has 0 bridgehead atoms. The van der Waals surface area contributed by atoms with Crippen LogP contribution in [0.5, 0.6) is 0 Å². The highest BCUT2D eigenvalue weighted by Gasteiger charge is 2.46. The maximum atomic E-state index is 12.3. The maximum absolute atomic E-state index is 12.3. The van der Waals surface area contributed by atoms with E-state index in [0.29, 0.717) is 18.5 Å². The summed E-state index contributed by atoms with van der Waals surface area (Å²) in [6, 6.07) is 3.51. The van der Waals surface area contributed by atoms with Crippen LogP contribution in [0.25, 0.3) is 0 Å². The highest BCUT2D eigenvalue weighted by atomic mass is 16.2. The molecular weight excluding hydrogens is 270 g/mol. The van der Waals surface area contributed by atoms with E-state index < -0.39 is 5.41 Å². The first-order valence-corrected chi connectivity index (χ1v) is 7.13. The molecule has 3 rings (SSSR count). The van der Waals surface area contributed by atoms with E-state index in [1.54, 1.807) is 12.1 Å². The third kappa shape index (κ3) is 2.53. The van der Waals surface area contributed by atoms with Gasteiger partial charge < -0.3 is 4.90 Å². The van der Waals surface area contributed by atoms with Gasteiger partial charge in [0.15, 0.2) is 6.29 Å². The van der Waals surface area contributed by atoms with Crippen LogP contribution in [0.4, 0.5) is 5.82 Å².